The maximum atomic E-state index is 8.82. The van der Waals surface area contributed by atoms with Crippen molar-refractivity contribution in [2.24, 2.45) is 0 Å². The molecule has 2 aromatic heterocycles. The highest BCUT2D eigenvalue weighted by Crippen LogP contribution is 2.21. The van der Waals surface area contributed by atoms with Crippen molar-refractivity contribution in [2.45, 2.75) is 0 Å². The zero-order valence-corrected chi connectivity index (χ0v) is 10.0. The fourth-order valence-corrected chi connectivity index (χ4v) is 1.89. The molecule has 0 aliphatic heterocycles. The van der Waals surface area contributed by atoms with E-state index in [9.17, 15) is 0 Å². The quantitative estimate of drug-likeness (QED) is 0.754. The number of fused-ring (bicyclic) bond motifs is 1. The molecule has 0 saturated carbocycles. The van der Waals surface area contributed by atoms with Crippen LogP contribution in [0.4, 0.5) is 11.4 Å². The monoisotopic (exact) mass is 246 g/mol. The van der Waals surface area contributed by atoms with Crippen LogP contribution in [-0.2, 0) is 0 Å². The van der Waals surface area contributed by atoms with Crippen LogP contribution in [0.5, 0.6) is 0 Å². The number of pyridine rings is 2. The second kappa shape index (κ2) is 4.75. The van der Waals surface area contributed by atoms with Gasteiger partial charge in [0.05, 0.1) is 5.52 Å². The summed E-state index contributed by atoms with van der Waals surface area (Å²) in [5.41, 5.74) is 3.15. The van der Waals surface area contributed by atoms with E-state index < -0.39 is 0 Å². The number of hydrogen-bond donors (Lipinski definition) is 1. The number of nitriles is 1. The predicted octanol–water partition coefficient (Wildman–Crippen LogP) is 3.25. The number of benzene rings is 1. The highest BCUT2D eigenvalue weighted by Gasteiger charge is 1.99. The Hall–Kier alpha value is -2.93. The first-order valence-electron chi connectivity index (χ1n) is 5.83. The van der Waals surface area contributed by atoms with Crippen LogP contribution in [0, 0.1) is 11.3 Å². The normalized spacial score (nSPS) is 10.1. The third-order valence-corrected chi connectivity index (χ3v) is 2.77. The molecule has 1 N–H and O–H groups in total. The van der Waals surface area contributed by atoms with Crippen LogP contribution in [0.15, 0.2) is 54.9 Å². The molecular formula is C15H10N4. The highest BCUT2D eigenvalue weighted by molar-refractivity contribution is 5.83. The van der Waals surface area contributed by atoms with Gasteiger partial charge in [-0.05, 0) is 36.4 Å². The fourth-order valence-electron chi connectivity index (χ4n) is 1.89. The van der Waals surface area contributed by atoms with Crippen molar-refractivity contribution in [1.29, 1.82) is 5.26 Å². The van der Waals surface area contributed by atoms with Gasteiger partial charge in [0.1, 0.15) is 11.8 Å². The highest BCUT2D eigenvalue weighted by atomic mass is 14.9. The number of rotatable bonds is 2. The minimum Gasteiger partial charge on any atom is -0.355 e. The van der Waals surface area contributed by atoms with Gasteiger partial charge in [-0.2, -0.15) is 5.26 Å². The Morgan fingerprint density at radius 3 is 2.74 bits per heavy atom. The van der Waals surface area contributed by atoms with Crippen molar-refractivity contribution in [3.63, 3.8) is 0 Å². The average Bonchev–Trinajstić information content (AvgIpc) is 2.47. The number of aromatic nitrogens is 2. The number of nitrogens with one attached hydrogen (secondary N) is 1. The summed E-state index contributed by atoms with van der Waals surface area (Å²) in [6.07, 6.45) is 3.39. The van der Waals surface area contributed by atoms with Crippen LogP contribution in [0.2, 0.25) is 0 Å². The fraction of sp³-hybridized carbons (Fsp3) is 0. The van der Waals surface area contributed by atoms with E-state index in [1.807, 2.05) is 42.5 Å². The minimum absolute atomic E-state index is 0.396. The van der Waals surface area contributed by atoms with Crippen LogP contribution >= 0.6 is 0 Å². The van der Waals surface area contributed by atoms with E-state index in [2.05, 4.69) is 15.3 Å². The number of anilines is 2. The smallest absolute Gasteiger partial charge is 0.142 e. The molecule has 90 valence electrons. The van der Waals surface area contributed by atoms with Gasteiger partial charge in [-0.1, -0.05) is 6.07 Å². The van der Waals surface area contributed by atoms with Gasteiger partial charge in [-0.15, -0.1) is 0 Å². The summed E-state index contributed by atoms with van der Waals surface area (Å²) < 4.78 is 0. The molecule has 0 fully saturated rings. The molecule has 1 aromatic carbocycles. The molecule has 0 saturated heterocycles. The summed E-state index contributed by atoms with van der Waals surface area (Å²) in [6, 6.07) is 15.4. The lowest BCUT2D eigenvalue weighted by atomic mass is 10.2. The van der Waals surface area contributed by atoms with Gasteiger partial charge in [-0.3, -0.25) is 4.98 Å². The van der Waals surface area contributed by atoms with Gasteiger partial charge in [0.2, 0.25) is 0 Å². The molecule has 19 heavy (non-hydrogen) atoms. The second-order valence-corrected chi connectivity index (χ2v) is 4.08. The molecule has 0 aliphatic rings. The molecule has 0 unspecified atom stereocenters. The zero-order chi connectivity index (χ0) is 13.1. The Balaban J connectivity index is 1.94. The Labute approximate surface area is 110 Å². The lowest BCUT2D eigenvalue weighted by molar-refractivity contribution is 1.26. The molecule has 0 aliphatic carbocycles. The van der Waals surface area contributed by atoms with E-state index in [1.165, 1.54) is 0 Å². The molecule has 2 heterocycles. The zero-order valence-electron chi connectivity index (χ0n) is 10.0. The summed E-state index contributed by atoms with van der Waals surface area (Å²) in [5.74, 6) is 0. The maximum absolute atomic E-state index is 8.82. The molecule has 3 rings (SSSR count). The minimum atomic E-state index is 0.396. The standard InChI is InChI=1S/C15H10N4/c16-10-14-9-13(5-7-17-14)19-12-3-4-15-11(8-12)2-1-6-18-15/h1-9H,(H,17,19). The predicted molar refractivity (Wildman–Crippen MR) is 74.0 cm³/mol. The Bertz CT molecular complexity index is 774. The Kier molecular flexibility index (Phi) is 2.79. The first-order chi connectivity index (χ1) is 9.35. The van der Waals surface area contributed by atoms with Gasteiger partial charge in [-0.25, -0.2) is 4.98 Å². The topological polar surface area (TPSA) is 61.6 Å². The molecule has 3 aromatic rings. The van der Waals surface area contributed by atoms with Crippen molar-refractivity contribution in [1.82, 2.24) is 9.97 Å². The molecule has 0 bridgehead atoms. The van der Waals surface area contributed by atoms with Crippen LogP contribution < -0.4 is 5.32 Å². The van der Waals surface area contributed by atoms with Crippen molar-refractivity contribution in [2.75, 3.05) is 5.32 Å². The lowest BCUT2D eigenvalue weighted by Gasteiger charge is -2.07. The molecule has 4 heteroatoms. The summed E-state index contributed by atoms with van der Waals surface area (Å²) in [4.78, 5) is 8.21. The molecule has 0 atom stereocenters. The Morgan fingerprint density at radius 1 is 0.947 bits per heavy atom. The molecule has 0 amide bonds. The van der Waals surface area contributed by atoms with Gasteiger partial charge < -0.3 is 5.32 Å². The van der Waals surface area contributed by atoms with Gasteiger partial charge >= 0.3 is 0 Å². The molecular weight excluding hydrogens is 236 g/mol. The third-order valence-electron chi connectivity index (χ3n) is 2.77. The number of hydrogen-bond acceptors (Lipinski definition) is 4. The summed E-state index contributed by atoms with van der Waals surface area (Å²) in [5, 5.41) is 13.1. The average molecular weight is 246 g/mol. The van der Waals surface area contributed by atoms with E-state index in [0.29, 0.717) is 5.69 Å². The lowest BCUT2D eigenvalue weighted by Crippen LogP contribution is -1.92. The van der Waals surface area contributed by atoms with Crippen LogP contribution in [0.25, 0.3) is 10.9 Å². The van der Waals surface area contributed by atoms with Crippen LogP contribution in [0.1, 0.15) is 5.69 Å². The largest absolute Gasteiger partial charge is 0.355 e. The van der Waals surface area contributed by atoms with Gasteiger partial charge in [0, 0.05) is 29.2 Å². The Morgan fingerprint density at radius 2 is 1.84 bits per heavy atom. The SMILES string of the molecule is N#Cc1cc(Nc2ccc3ncccc3c2)ccn1. The van der Waals surface area contributed by atoms with Crippen molar-refractivity contribution in [3.05, 3.63) is 60.6 Å². The third kappa shape index (κ3) is 2.35. The first-order valence-corrected chi connectivity index (χ1v) is 5.83. The van der Waals surface area contributed by atoms with E-state index in [-0.39, 0.29) is 0 Å². The molecule has 0 radical (unpaired) electrons. The van der Waals surface area contributed by atoms with Crippen molar-refractivity contribution < 1.29 is 0 Å². The molecule has 0 spiro atoms. The number of nitrogens with zero attached hydrogens (tertiary/aromatic N) is 3. The van der Waals surface area contributed by atoms with Crippen LogP contribution in [0.3, 0.4) is 0 Å². The summed E-state index contributed by atoms with van der Waals surface area (Å²) in [6.45, 7) is 0. The summed E-state index contributed by atoms with van der Waals surface area (Å²) >= 11 is 0. The van der Waals surface area contributed by atoms with E-state index in [1.54, 1.807) is 18.5 Å². The first kappa shape index (κ1) is 11.2. The van der Waals surface area contributed by atoms with E-state index >= 15 is 0 Å². The van der Waals surface area contributed by atoms with Crippen molar-refractivity contribution >= 4 is 22.3 Å². The molecule has 4 nitrogen and oxygen atoms in total. The van der Waals surface area contributed by atoms with Crippen molar-refractivity contribution in [3.8, 4) is 6.07 Å². The van der Waals surface area contributed by atoms with Gasteiger partial charge in [0.15, 0.2) is 0 Å². The van der Waals surface area contributed by atoms with E-state index in [4.69, 9.17) is 5.26 Å². The maximum Gasteiger partial charge on any atom is 0.142 e. The summed E-state index contributed by atoms with van der Waals surface area (Å²) in [7, 11) is 0. The second-order valence-electron chi connectivity index (χ2n) is 4.08. The van der Waals surface area contributed by atoms with Crippen LogP contribution in [-0.4, -0.2) is 9.97 Å². The van der Waals surface area contributed by atoms with E-state index in [0.717, 1.165) is 22.3 Å². The van der Waals surface area contributed by atoms with Gasteiger partial charge in [0.25, 0.3) is 0 Å².